The molecule has 0 bridgehead atoms. The van der Waals surface area contributed by atoms with Crippen LogP contribution in [0.4, 0.5) is 4.79 Å². The molecule has 0 aliphatic carbocycles. The van der Waals surface area contributed by atoms with Crippen LogP contribution in [0.2, 0.25) is 0 Å². The Morgan fingerprint density at radius 2 is 1.77 bits per heavy atom. The number of carbonyl (C=O) groups excluding carboxylic acids is 1. The summed E-state index contributed by atoms with van der Waals surface area (Å²) >= 11 is 0. The molecule has 8 nitrogen and oxygen atoms in total. The standard InChI is InChI=1S/C32H36N6O2/c1-20-7-14-26(35-20)29-34-19-27(37-29)24-12-11-22-16-21(8-10-23(22)17-24)9-13-25-18-33-30(36-25)28-6-5-15-38(28)31(39)40-32(2,3)4/h8,10-12,16-20,26,28,35H,5-7,14-15H2,1-4H3,(H,33,36)(H,34,37)/t20-,26-,28-/m0/s1. The van der Waals surface area contributed by atoms with Crippen molar-refractivity contribution in [1.29, 1.82) is 0 Å². The number of ether oxygens (including phenoxy) is 1. The highest BCUT2D eigenvalue weighted by Gasteiger charge is 2.34. The first-order valence-electron chi connectivity index (χ1n) is 14.1. The predicted octanol–water partition coefficient (Wildman–Crippen LogP) is 6.24. The van der Waals surface area contributed by atoms with Crippen molar-refractivity contribution in [3.8, 4) is 23.1 Å². The van der Waals surface area contributed by atoms with Crippen molar-refractivity contribution < 1.29 is 9.53 Å². The van der Waals surface area contributed by atoms with E-state index in [1.54, 1.807) is 11.1 Å². The Balaban J connectivity index is 1.15. The number of amides is 1. The summed E-state index contributed by atoms with van der Waals surface area (Å²) in [4.78, 5) is 30.4. The molecule has 0 saturated carbocycles. The van der Waals surface area contributed by atoms with E-state index < -0.39 is 5.60 Å². The molecule has 40 heavy (non-hydrogen) atoms. The van der Waals surface area contributed by atoms with Gasteiger partial charge in [-0.05, 0) is 88.3 Å². The van der Waals surface area contributed by atoms with E-state index in [9.17, 15) is 4.79 Å². The van der Waals surface area contributed by atoms with Crippen molar-refractivity contribution in [3.05, 3.63) is 71.7 Å². The number of aromatic nitrogens is 4. The highest BCUT2D eigenvalue weighted by molar-refractivity contribution is 5.88. The summed E-state index contributed by atoms with van der Waals surface area (Å²) in [5, 5.41) is 5.87. The molecule has 2 aromatic heterocycles. The van der Waals surface area contributed by atoms with Crippen LogP contribution in [-0.2, 0) is 4.74 Å². The van der Waals surface area contributed by atoms with E-state index in [0.717, 1.165) is 64.2 Å². The Labute approximate surface area is 234 Å². The summed E-state index contributed by atoms with van der Waals surface area (Å²) in [5.41, 5.74) is 3.28. The van der Waals surface area contributed by atoms with Crippen molar-refractivity contribution in [2.24, 2.45) is 0 Å². The summed E-state index contributed by atoms with van der Waals surface area (Å²) in [7, 11) is 0. The molecule has 4 aromatic rings. The van der Waals surface area contributed by atoms with Crippen LogP contribution in [0.3, 0.4) is 0 Å². The summed E-state index contributed by atoms with van der Waals surface area (Å²) in [5.74, 6) is 8.22. The van der Waals surface area contributed by atoms with Crippen LogP contribution in [-0.4, -0.2) is 49.1 Å². The fourth-order valence-corrected chi connectivity index (χ4v) is 5.59. The Morgan fingerprint density at radius 3 is 2.58 bits per heavy atom. The van der Waals surface area contributed by atoms with Gasteiger partial charge < -0.3 is 20.0 Å². The fourth-order valence-electron chi connectivity index (χ4n) is 5.59. The van der Waals surface area contributed by atoms with E-state index in [1.807, 2.05) is 33.0 Å². The normalized spacial score (nSPS) is 21.0. The fraction of sp³-hybridized carbons (Fsp3) is 0.406. The number of likely N-dealkylation sites (tertiary alicyclic amines) is 1. The summed E-state index contributed by atoms with van der Waals surface area (Å²) < 4.78 is 5.59. The van der Waals surface area contributed by atoms with Gasteiger partial charge in [-0.15, -0.1) is 0 Å². The summed E-state index contributed by atoms with van der Waals surface area (Å²) in [6, 6.07) is 13.4. The van der Waals surface area contributed by atoms with E-state index in [2.05, 4.69) is 74.3 Å². The molecule has 2 aromatic carbocycles. The summed E-state index contributed by atoms with van der Waals surface area (Å²) in [6.07, 6.45) is 7.43. The van der Waals surface area contributed by atoms with Gasteiger partial charge in [0.05, 0.1) is 30.2 Å². The molecular formula is C32H36N6O2. The minimum absolute atomic E-state index is 0.121. The molecule has 2 saturated heterocycles. The lowest BCUT2D eigenvalue weighted by molar-refractivity contribution is 0.0218. The number of aromatic amines is 2. The van der Waals surface area contributed by atoms with Crippen molar-refractivity contribution in [2.75, 3.05) is 6.54 Å². The smallest absolute Gasteiger partial charge is 0.410 e. The van der Waals surface area contributed by atoms with Gasteiger partial charge in [0.2, 0.25) is 0 Å². The van der Waals surface area contributed by atoms with Crippen LogP contribution in [0.5, 0.6) is 0 Å². The van der Waals surface area contributed by atoms with Gasteiger partial charge in [0.25, 0.3) is 0 Å². The number of benzene rings is 2. The number of H-pyrrole nitrogens is 2. The minimum Gasteiger partial charge on any atom is -0.444 e. The zero-order chi connectivity index (χ0) is 27.9. The average Bonchev–Trinajstić information content (AvgIpc) is 3.72. The molecule has 206 valence electrons. The van der Waals surface area contributed by atoms with E-state index in [4.69, 9.17) is 4.74 Å². The van der Waals surface area contributed by atoms with Gasteiger partial charge in [-0.3, -0.25) is 4.90 Å². The van der Waals surface area contributed by atoms with Crippen LogP contribution in [0.1, 0.15) is 88.4 Å². The van der Waals surface area contributed by atoms with Gasteiger partial charge in [-0.1, -0.05) is 24.1 Å². The van der Waals surface area contributed by atoms with Gasteiger partial charge >= 0.3 is 6.09 Å². The molecule has 2 aliphatic heterocycles. The predicted molar refractivity (Wildman–Crippen MR) is 156 cm³/mol. The number of nitrogens with zero attached hydrogens (tertiary/aromatic N) is 3. The van der Waals surface area contributed by atoms with Crippen LogP contribution in [0.15, 0.2) is 48.8 Å². The maximum absolute atomic E-state index is 12.7. The number of hydrogen-bond acceptors (Lipinski definition) is 5. The van der Waals surface area contributed by atoms with Crippen molar-refractivity contribution >= 4 is 16.9 Å². The number of carbonyl (C=O) groups is 1. The Bertz CT molecular complexity index is 1600. The van der Waals surface area contributed by atoms with Crippen LogP contribution >= 0.6 is 0 Å². The number of imidazole rings is 2. The number of rotatable bonds is 3. The van der Waals surface area contributed by atoms with Crippen molar-refractivity contribution in [2.45, 2.75) is 77.1 Å². The third kappa shape index (κ3) is 5.61. The van der Waals surface area contributed by atoms with Crippen LogP contribution in [0.25, 0.3) is 22.0 Å². The maximum atomic E-state index is 12.7. The molecule has 8 heteroatoms. The molecular weight excluding hydrogens is 500 g/mol. The Morgan fingerprint density at radius 1 is 0.975 bits per heavy atom. The second kappa shape index (κ2) is 10.5. The second-order valence-corrected chi connectivity index (χ2v) is 11.9. The highest BCUT2D eigenvalue weighted by Crippen LogP contribution is 2.32. The lowest BCUT2D eigenvalue weighted by atomic mass is 10.0. The largest absolute Gasteiger partial charge is 0.444 e. The highest BCUT2D eigenvalue weighted by atomic mass is 16.6. The van der Waals surface area contributed by atoms with Gasteiger partial charge in [0.1, 0.15) is 22.9 Å². The quantitative estimate of drug-likeness (QED) is 0.269. The third-order valence-corrected chi connectivity index (χ3v) is 7.58. The number of nitrogens with one attached hydrogen (secondary N) is 3. The number of hydrogen-bond donors (Lipinski definition) is 3. The second-order valence-electron chi connectivity index (χ2n) is 11.9. The Kier molecular flexibility index (Phi) is 6.85. The zero-order valence-corrected chi connectivity index (χ0v) is 23.5. The van der Waals surface area contributed by atoms with Crippen molar-refractivity contribution in [1.82, 2.24) is 30.2 Å². The van der Waals surface area contributed by atoms with E-state index in [1.165, 1.54) is 6.42 Å². The van der Waals surface area contributed by atoms with Crippen LogP contribution < -0.4 is 5.32 Å². The maximum Gasteiger partial charge on any atom is 0.410 e. The molecule has 0 radical (unpaired) electrons. The first-order valence-corrected chi connectivity index (χ1v) is 14.1. The number of fused-ring (bicyclic) bond motifs is 1. The third-order valence-electron chi connectivity index (χ3n) is 7.58. The van der Waals surface area contributed by atoms with Crippen LogP contribution in [0, 0.1) is 11.8 Å². The van der Waals surface area contributed by atoms with E-state index >= 15 is 0 Å². The lowest BCUT2D eigenvalue weighted by Gasteiger charge is -2.27. The Hall–Kier alpha value is -4.09. The first kappa shape index (κ1) is 26.1. The molecule has 0 unspecified atom stereocenters. The van der Waals surface area contributed by atoms with Gasteiger partial charge in [-0.2, -0.15) is 0 Å². The first-order chi connectivity index (χ1) is 19.2. The monoisotopic (exact) mass is 536 g/mol. The summed E-state index contributed by atoms with van der Waals surface area (Å²) in [6.45, 7) is 8.53. The average molecular weight is 537 g/mol. The lowest BCUT2D eigenvalue weighted by Crippen LogP contribution is -2.36. The van der Waals surface area contributed by atoms with E-state index in [-0.39, 0.29) is 12.1 Å². The topological polar surface area (TPSA) is 98.9 Å². The molecule has 3 atom stereocenters. The molecule has 6 rings (SSSR count). The van der Waals surface area contributed by atoms with E-state index in [0.29, 0.717) is 18.6 Å². The van der Waals surface area contributed by atoms with Crippen molar-refractivity contribution in [3.63, 3.8) is 0 Å². The molecule has 0 spiro atoms. The zero-order valence-electron chi connectivity index (χ0n) is 23.5. The minimum atomic E-state index is -0.528. The van der Waals surface area contributed by atoms with Gasteiger partial charge in [0.15, 0.2) is 0 Å². The SMILES string of the molecule is C[C@H]1CC[C@@H](c2ncc(-c3ccc4cc(C#Cc5cnc([C@@H]6CCCN6C(=O)OC(C)(C)C)[nH]5)ccc4c3)[nH]2)N1. The van der Waals surface area contributed by atoms with Gasteiger partial charge in [-0.25, -0.2) is 14.8 Å². The molecule has 3 N–H and O–H groups in total. The molecule has 2 aliphatic rings. The molecule has 4 heterocycles. The molecule has 2 fully saturated rings. The molecule has 1 amide bonds. The van der Waals surface area contributed by atoms with Gasteiger partial charge in [0, 0.05) is 23.7 Å².